The number of carbonyl (C=O) groups is 1. The van der Waals surface area contributed by atoms with Crippen LogP contribution in [0.1, 0.15) is 18.4 Å². The zero-order valence-electron chi connectivity index (χ0n) is 17.0. The summed E-state index contributed by atoms with van der Waals surface area (Å²) in [4.78, 5) is 22.9. The number of ether oxygens (including phenoxy) is 2. The van der Waals surface area contributed by atoms with E-state index >= 15 is 0 Å². The molecule has 1 unspecified atom stereocenters. The Bertz CT molecular complexity index is 977. The number of methoxy groups -OCH3 is 1. The molecular formula is C24H25N3O3. The van der Waals surface area contributed by atoms with Gasteiger partial charge in [0.2, 0.25) is 11.8 Å². The average Bonchev–Trinajstić information content (AvgIpc) is 2.80. The molecule has 1 aliphatic heterocycles. The van der Waals surface area contributed by atoms with Crippen LogP contribution >= 0.6 is 0 Å². The first kappa shape index (κ1) is 19.9. The highest BCUT2D eigenvalue weighted by Crippen LogP contribution is 2.21. The highest BCUT2D eigenvalue weighted by atomic mass is 16.5. The minimum atomic E-state index is -0.0808. The lowest BCUT2D eigenvalue weighted by atomic mass is 10.0. The zero-order chi connectivity index (χ0) is 20.8. The van der Waals surface area contributed by atoms with Crippen LogP contribution in [0.4, 0.5) is 0 Å². The van der Waals surface area contributed by atoms with Crippen LogP contribution in [0.15, 0.2) is 66.9 Å². The van der Waals surface area contributed by atoms with E-state index in [9.17, 15) is 4.79 Å². The van der Waals surface area contributed by atoms with Gasteiger partial charge in [0.15, 0.2) is 0 Å². The summed E-state index contributed by atoms with van der Waals surface area (Å²) < 4.78 is 11.0. The average molecular weight is 403 g/mol. The van der Waals surface area contributed by atoms with Crippen molar-refractivity contribution in [3.05, 3.63) is 72.4 Å². The molecule has 4 rings (SSSR count). The Morgan fingerprint density at radius 2 is 1.83 bits per heavy atom. The summed E-state index contributed by atoms with van der Waals surface area (Å²) in [5, 5.41) is 0. The minimum Gasteiger partial charge on any atom is -0.472 e. The highest BCUT2D eigenvalue weighted by Gasteiger charge is 2.25. The van der Waals surface area contributed by atoms with Gasteiger partial charge in [-0.05, 0) is 29.5 Å². The quantitative estimate of drug-likeness (QED) is 0.627. The van der Waals surface area contributed by atoms with Gasteiger partial charge in [0.05, 0.1) is 20.1 Å². The first-order valence-corrected chi connectivity index (χ1v) is 10.2. The number of rotatable bonds is 6. The molecule has 0 aliphatic carbocycles. The monoisotopic (exact) mass is 403 g/mol. The fourth-order valence-electron chi connectivity index (χ4n) is 3.65. The first-order valence-electron chi connectivity index (χ1n) is 10.2. The molecule has 0 spiro atoms. The second-order valence-corrected chi connectivity index (χ2v) is 7.34. The number of nitrogens with zero attached hydrogens (tertiary/aromatic N) is 3. The van der Waals surface area contributed by atoms with Crippen molar-refractivity contribution >= 4 is 5.91 Å². The van der Waals surface area contributed by atoms with E-state index in [-0.39, 0.29) is 18.0 Å². The van der Waals surface area contributed by atoms with Gasteiger partial charge in [0.25, 0.3) is 0 Å². The molecule has 6 nitrogen and oxygen atoms in total. The van der Waals surface area contributed by atoms with Gasteiger partial charge >= 0.3 is 6.01 Å². The molecule has 0 radical (unpaired) electrons. The summed E-state index contributed by atoms with van der Waals surface area (Å²) in [6.45, 7) is 1.32. The lowest BCUT2D eigenvalue weighted by Gasteiger charge is -2.32. The molecule has 2 aromatic carbocycles. The van der Waals surface area contributed by atoms with Crippen LogP contribution < -0.4 is 9.47 Å². The maximum absolute atomic E-state index is 12.8. The van der Waals surface area contributed by atoms with Gasteiger partial charge in [-0.3, -0.25) is 4.79 Å². The molecule has 1 saturated heterocycles. The summed E-state index contributed by atoms with van der Waals surface area (Å²) in [7, 11) is 1.52. The molecule has 3 aromatic rings. The van der Waals surface area contributed by atoms with Gasteiger partial charge in [-0.15, -0.1) is 0 Å². The summed E-state index contributed by atoms with van der Waals surface area (Å²) >= 11 is 0. The molecule has 0 N–H and O–H groups in total. The fraction of sp³-hybridized carbons (Fsp3) is 0.292. The predicted octanol–water partition coefficient (Wildman–Crippen LogP) is 3.76. The molecule has 0 bridgehead atoms. The summed E-state index contributed by atoms with van der Waals surface area (Å²) in [6.07, 6.45) is 3.71. The Balaban J connectivity index is 1.35. The highest BCUT2D eigenvalue weighted by molar-refractivity contribution is 5.79. The first-order chi connectivity index (χ1) is 14.7. The molecule has 1 fully saturated rings. The van der Waals surface area contributed by atoms with Gasteiger partial charge in [-0.25, -0.2) is 4.98 Å². The van der Waals surface area contributed by atoms with E-state index < -0.39 is 0 Å². The topological polar surface area (TPSA) is 64.6 Å². The number of piperidine rings is 1. The Labute approximate surface area is 176 Å². The van der Waals surface area contributed by atoms with E-state index in [4.69, 9.17) is 9.47 Å². The van der Waals surface area contributed by atoms with Crippen LogP contribution in [0.3, 0.4) is 0 Å². The molecule has 2 heterocycles. The van der Waals surface area contributed by atoms with Crippen LogP contribution in [-0.4, -0.2) is 47.1 Å². The van der Waals surface area contributed by atoms with Crippen LogP contribution in [0.25, 0.3) is 11.1 Å². The second kappa shape index (κ2) is 9.39. The van der Waals surface area contributed by atoms with E-state index in [1.165, 1.54) is 12.7 Å². The summed E-state index contributed by atoms with van der Waals surface area (Å²) in [5.41, 5.74) is 3.34. The van der Waals surface area contributed by atoms with Crippen molar-refractivity contribution in [3.8, 4) is 23.0 Å². The van der Waals surface area contributed by atoms with E-state index in [2.05, 4.69) is 34.2 Å². The van der Waals surface area contributed by atoms with E-state index in [1.54, 1.807) is 12.3 Å². The minimum absolute atomic E-state index is 0.0808. The number of aromatic nitrogens is 2. The van der Waals surface area contributed by atoms with Crippen molar-refractivity contribution in [2.24, 2.45) is 0 Å². The molecule has 30 heavy (non-hydrogen) atoms. The van der Waals surface area contributed by atoms with Crippen molar-refractivity contribution in [3.63, 3.8) is 0 Å². The Hall–Kier alpha value is -3.41. The molecular weight excluding hydrogens is 378 g/mol. The molecule has 154 valence electrons. The van der Waals surface area contributed by atoms with Gasteiger partial charge in [-0.1, -0.05) is 54.6 Å². The smallest absolute Gasteiger partial charge is 0.319 e. The maximum Gasteiger partial charge on any atom is 0.319 e. The maximum atomic E-state index is 12.8. The summed E-state index contributed by atoms with van der Waals surface area (Å²) in [5.74, 6) is 0.591. The van der Waals surface area contributed by atoms with Crippen LogP contribution in [-0.2, 0) is 11.2 Å². The normalized spacial score (nSPS) is 16.2. The van der Waals surface area contributed by atoms with Gasteiger partial charge < -0.3 is 14.4 Å². The van der Waals surface area contributed by atoms with Crippen molar-refractivity contribution in [1.29, 1.82) is 0 Å². The van der Waals surface area contributed by atoms with E-state index in [0.717, 1.165) is 30.5 Å². The lowest BCUT2D eigenvalue weighted by Crippen LogP contribution is -2.45. The Morgan fingerprint density at radius 3 is 2.60 bits per heavy atom. The van der Waals surface area contributed by atoms with Gasteiger partial charge in [0, 0.05) is 18.8 Å². The van der Waals surface area contributed by atoms with Crippen molar-refractivity contribution < 1.29 is 14.3 Å². The molecule has 1 aliphatic rings. The second-order valence-electron chi connectivity index (χ2n) is 7.34. The van der Waals surface area contributed by atoms with Gasteiger partial charge in [0.1, 0.15) is 6.10 Å². The van der Waals surface area contributed by atoms with Gasteiger partial charge in [-0.2, -0.15) is 4.98 Å². The molecule has 1 amide bonds. The molecule has 1 aromatic heterocycles. The SMILES string of the molecule is COc1nccc(OC2CCCN(C(=O)Cc3ccc(-c4ccccc4)cc3)C2)n1. The number of hydrogen-bond acceptors (Lipinski definition) is 5. The van der Waals surface area contributed by atoms with Crippen molar-refractivity contribution in [2.45, 2.75) is 25.4 Å². The standard InChI is InChI=1S/C24H25N3O3/c1-29-24-25-14-13-22(26-24)30-21-8-5-15-27(17-21)23(28)16-18-9-11-20(12-10-18)19-6-3-2-4-7-19/h2-4,6-7,9-14,21H,5,8,15-17H2,1H3. The number of amides is 1. The number of likely N-dealkylation sites (tertiary alicyclic amines) is 1. The number of hydrogen-bond donors (Lipinski definition) is 0. The third-order valence-corrected chi connectivity index (χ3v) is 5.23. The molecule has 1 atom stereocenters. The van der Waals surface area contributed by atoms with E-state index in [0.29, 0.717) is 18.8 Å². The third kappa shape index (κ3) is 4.95. The van der Waals surface area contributed by atoms with Crippen LogP contribution in [0.5, 0.6) is 11.9 Å². The molecule has 6 heteroatoms. The van der Waals surface area contributed by atoms with Crippen LogP contribution in [0.2, 0.25) is 0 Å². The third-order valence-electron chi connectivity index (χ3n) is 5.23. The number of benzene rings is 2. The van der Waals surface area contributed by atoms with Crippen LogP contribution in [0, 0.1) is 0 Å². The zero-order valence-corrected chi connectivity index (χ0v) is 17.0. The largest absolute Gasteiger partial charge is 0.472 e. The molecule has 0 saturated carbocycles. The summed E-state index contributed by atoms with van der Waals surface area (Å²) in [6, 6.07) is 20.4. The lowest BCUT2D eigenvalue weighted by molar-refractivity contribution is -0.133. The predicted molar refractivity (Wildman–Crippen MR) is 114 cm³/mol. The number of carbonyl (C=O) groups excluding carboxylic acids is 1. The van der Waals surface area contributed by atoms with E-state index in [1.807, 2.05) is 35.2 Å². The Morgan fingerprint density at radius 1 is 1.07 bits per heavy atom. The Kier molecular flexibility index (Phi) is 6.23. The van der Waals surface area contributed by atoms with Crippen molar-refractivity contribution in [1.82, 2.24) is 14.9 Å². The van der Waals surface area contributed by atoms with Crippen molar-refractivity contribution in [2.75, 3.05) is 20.2 Å². The fourth-order valence-corrected chi connectivity index (χ4v) is 3.65.